The minimum atomic E-state index is -4.24. The van der Waals surface area contributed by atoms with Crippen LogP contribution in [0.3, 0.4) is 0 Å². The number of rotatable bonds is 27. The second kappa shape index (κ2) is 23.4. The van der Waals surface area contributed by atoms with Gasteiger partial charge in [0.2, 0.25) is 0 Å². The summed E-state index contributed by atoms with van der Waals surface area (Å²) in [5, 5.41) is 0. The van der Waals surface area contributed by atoms with E-state index in [1.165, 1.54) is 51.4 Å². The van der Waals surface area contributed by atoms with Gasteiger partial charge < -0.3 is 18.9 Å². The molecule has 0 aliphatic heterocycles. The number of carbonyl (C=O) groups is 1. The van der Waals surface area contributed by atoms with Crippen molar-refractivity contribution in [1.29, 1.82) is 0 Å². The lowest BCUT2D eigenvalue weighted by Gasteiger charge is -2.24. The van der Waals surface area contributed by atoms with Gasteiger partial charge in [-0.15, -0.1) is 0 Å². The van der Waals surface area contributed by atoms with Crippen LogP contribution in [0.4, 0.5) is 0 Å². The molecule has 2 unspecified atom stereocenters. The number of ether oxygens (including phenoxy) is 2. The van der Waals surface area contributed by atoms with E-state index in [1.54, 1.807) is 0 Å². The Balaban J connectivity index is 4.33. The van der Waals surface area contributed by atoms with Crippen LogP contribution in [0.2, 0.25) is 0 Å². The third-order valence-electron chi connectivity index (χ3n) is 6.17. The number of esters is 1. The molecule has 2 atom stereocenters. The minimum Gasteiger partial charge on any atom is -0.457 e. The fourth-order valence-electron chi connectivity index (χ4n) is 3.78. The lowest BCUT2D eigenvalue weighted by molar-refractivity contribution is -0.870. The smallest absolute Gasteiger partial charge is 0.457 e. The second-order valence-corrected chi connectivity index (χ2v) is 12.6. The molecule has 0 radical (unpaired) electrons. The highest BCUT2D eigenvalue weighted by atomic mass is 31.2. The summed E-state index contributed by atoms with van der Waals surface area (Å²) >= 11 is 0. The first-order valence-electron chi connectivity index (χ1n) is 14.8. The van der Waals surface area contributed by atoms with Crippen molar-refractivity contribution in [2.75, 3.05) is 54.1 Å². The third kappa shape index (κ3) is 26.9. The Morgan fingerprint density at radius 1 is 0.730 bits per heavy atom. The highest BCUT2D eigenvalue weighted by Crippen LogP contribution is 2.43. The van der Waals surface area contributed by atoms with E-state index in [-0.39, 0.29) is 25.8 Å². The van der Waals surface area contributed by atoms with Gasteiger partial charge in [-0.1, -0.05) is 97.3 Å². The van der Waals surface area contributed by atoms with Gasteiger partial charge in [0.15, 0.2) is 0 Å². The van der Waals surface area contributed by atoms with Crippen molar-refractivity contribution >= 4 is 13.8 Å². The molecule has 0 spiro atoms. The van der Waals surface area contributed by atoms with E-state index in [9.17, 15) is 14.3 Å². The van der Waals surface area contributed by atoms with Crippen molar-refractivity contribution in [3.63, 3.8) is 0 Å². The summed E-state index contributed by atoms with van der Waals surface area (Å²) in [5.74, 6) is -0.327. The molecule has 0 rings (SSSR count). The van der Waals surface area contributed by atoms with Crippen LogP contribution in [0, 0.1) is 0 Å². The topological polar surface area (TPSA) is 91.3 Å². The zero-order valence-corrected chi connectivity index (χ0v) is 25.6. The number of carbonyl (C=O) groups excluding carboxylic acids is 1. The molecule has 9 heteroatoms. The van der Waals surface area contributed by atoms with Crippen LogP contribution in [0.15, 0.2) is 0 Å². The summed E-state index contributed by atoms with van der Waals surface area (Å²) in [4.78, 5) is 22.3. The molecule has 8 nitrogen and oxygen atoms in total. The fourth-order valence-corrected chi connectivity index (χ4v) is 4.53. The Morgan fingerprint density at radius 3 is 1.78 bits per heavy atom. The molecule has 1 N–H and O–H groups in total. The molecular formula is C28H59NO7P+. The molecule has 0 heterocycles. The quantitative estimate of drug-likeness (QED) is 0.0506. The molecule has 0 amide bonds. The molecule has 0 saturated carbocycles. The Kier molecular flexibility index (Phi) is 23.1. The van der Waals surface area contributed by atoms with Gasteiger partial charge in [-0.25, -0.2) is 4.57 Å². The zero-order chi connectivity index (χ0) is 27.8. The number of nitrogens with zero attached hydrogens (tertiary/aromatic N) is 1. The monoisotopic (exact) mass is 552 g/mol. The maximum Gasteiger partial charge on any atom is 0.472 e. The maximum absolute atomic E-state index is 12.3. The summed E-state index contributed by atoms with van der Waals surface area (Å²) in [6.45, 7) is 5.51. The molecule has 0 saturated heterocycles. The minimum absolute atomic E-state index is 0.0920. The highest BCUT2D eigenvalue weighted by molar-refractivity contribution is 7.47. The predicted molar refractivity (Wildman–Crippen MR) is 151 cm³/mol. The zero-order valence-electron chi connectivity index (χ0n) is 24.7. The van der Waals surface area contributed by atoms with Crippen LogP contribution in [-0.2, 0) is 27.9 Å². The van der Waals surface area contributed by atoms with Crippen LogP contribution < -0.4 is 0 Å². The number of quaternary nitrogens is 1. The average Bonchev–Trinajstić information content (AvgIpc) is 2.82. The van der Waals surface area contributed by atoms with Gasteiger partial charge in [-0.3, -0.25) is 13.8 Å². The molecular weight excluding hydrogens is 493 g/mol. The van der Waals surface area contributed by atoms with Crippen LogP contribution in [0.5, 0.6) is 0 Å². The van der Waals surface area contributed by atoms with E-state index < -0.39 is 13.9 Å². The largest absolute Gasteiger partial charge is 0.472 e. The highest BCUT2D eigenvalue weighted by Gasteiger charge is 2.26. The van der Waals surface area contributed by atoms with Gasteiger partial charge in [0, 0.05) is 13.0 Å². The van der Waals surface area contributed by atoms with Crippen LogP contribution >= 0.6 is 7.82 Å². The summed E-state index contributed by atoms with van der Waals surface area (Å²) < 4.78 is 34.4. The third-order valence-corrected chi connectivity index (χ3v) is 7.15. The van der Waals surface area contributed by atoms with Crippen molar-refractivity contribution in [2.24, 2.45) is 0 Å². The van der Waals surface area contributed by atoms with Crippen LogP contribution in [0.1, 0.15) is 117 Å². The Bertz CT molecular complexity index is 583. The number of hydrogen-bond acceptors (Lipinski definition) is 6. The van der Waals surface area contributed by atoms with Gasteiger partial charge >= 0.3 is 13.8 Å². The van der Waals surface area contributed by atoms with Crippen molar-refractivity contribution in [1.82, 2.24) is 0 Å². The Labute approximate surface area is 228 Å². The van der Waals surface area contributed by atoms with E-state index in [2.05, 4.69) is 13.8 Å². The molecule has 0 aromatic rings. The van der Waals surface area contributed by atoms with Gasteiger partial charge in [0.25, 0.3) is 0 Å². The van der Waals surface area contributed by atoms with Crippen molar-refractivity contribution in [2.45, 2.75) is 123 Å². The van der Waals surface area contributed by atoms with E-state index in [0.717, 1.165) is 44.9 Å². The van der Waals surface area contributed by atoms with Crippen LogP contribution in [-0.4, -0.2) is 75.6 Å². The summed E-state index contributed by atoms with van der Waals surface area (Å²) in [6, 6.07) is 0. The molecule has 0 aromatic heterocycles. The van der Waals surface area contributed by atoms with E-state index in [0.29, 0.717) is 24.1 Å². The normalized spacial score (nSPS) is 14.4. The van der Waals surface area contributed by atoms with Crippen molar-refractivity contribution < 1.29 is 37.3 Å². The molecule has 37 heavy (non-hydrogen) atoms. The van der Waals surface area contributed by atoms with Gasteiger partial charge in [-0.05, 0) is 12.8 Å². The Morgan fingerprint density at radius 2 is 1.24 bits per heavy atom. The SMILES string of the molecule is CCCCCCCCCCCCOCC(COP(=O)(O)OCC[N+](C)(C)C)OC(=O)CCCCCCC. The number of hydrogen-bond donors (Lipinski definition) is 1. The van der Waals surface area contributed by atoms with Gasteiger partial charge in [0.1, 0.15) is 19.3 Å². The average molecular weight is 553 g/mol. The van der Waals surface area contributed by atoms with Crippen LogP contribution in [0.25, 0.3) is 0 Å². The second-order valence-electron chi connectivity index (χ2n) is 11.1. The maximum atomic E-state index is 12.3. The number of likely N-dealkylation sites (N-methyl/N-ethyl adjacent to an activating group) is 1. The van der Waals surface area contributed by atoms with E-state index in [4.69, 9.17) is 18.5 Å². The van der Waals surface area contributed by atoms with Crippen molar-refractivity contribution in [3.8, 4) is 0 Å². The predicted octanol–water partition coefficient (Wildman–Crippen LogP) is 7.04. The summed E-state index contributed by atoms with van der Waals surface area (Å²) in [5.41, 5.74) is 0. The summed E-state index contributed by atoms with van der Waals surface area (Å²) in [7, 11) is 1.67. The first kappa shape index (κ1) is 36.5. The number of phosphoric ester groups is 1. The number of unbranched alkanes of at least 4 members (excludes halogenated alkanes) is 13. The molecule has 0 aromatic carbocycles. The van der Waals surface area contributed by atoms with E-state index in [1.807, 2.05) is 21.1 Å². The lowest BCUT2D eigenvalue weighted by Crippen LogP contribution is -2.37. The lowest BCUT2D eigenvalue weighted by atomic mass is 10.1. The molecule has 222 valence electrons. The first-order valence-corrected chi connectivity index (χ1v) is 16.3. The standard InChI is InChI=1S/C28H58NO7P/c1-6-8-10-12-13-14-15-16-18-20-23-33-25-27(36-28(30)21-19-17-11-9-7-2)26-35-37(31,32)34-24-22-29(3,4)5/h27H,6-26H2,1-5H3/p+1. The van der Waals surface area contributed by atoms with Gasteiger partial charge in [-0.2, -0.15) is 0 Å². The Hall–Kier alpha value is -0.500. The molecule has 0 bridgehead atoms. The van der Waals surface area contributed by atoms with E-state index >= 15 is 0 Å². The number of phosphoric acid groups is 1. The summed E-state index contributed by atoms with van der Waals surface area (Å²) in [6.07, 6.45) is 17.3. The molecule has 0 aliphatic carbocycles. The molecule has 0 aliphatic rings. The fraction of sp³-hybridized carbons (Fsp3) is 0.964. The van der Waals surface area contributed by atoms with Gasteiger partial charge in [0.05, 0.1) is 34.4 Å². The first-order chi connectivity index (χ1) is 17.6. The molecule has 0 fully saturated rings. The van der Waals surface area contributed by atoms with Crippen molar-refractivity contribution in [3.05, 3.63) is 0 Å².